The van der Waals surface area contributed by atoms with E-state index in [2.05, 4.69) is 15.6 Å². The molecule has 0 unspecified atom stereocenters. The second-order valence-corrected chi connectivity index (χ2v) is 6.20. The molecule has 0 aliphatic heterocycles. The maximum atomic E-state index is 12.4. The van der Waals surface area contributed by atoms with Gasteiger partial charge in [0.25, 0.3) is 5.91 Å². The number of anilines is 1. The number of nitrogens with zero attached hydrogens (tertiary/aromatic N) is 3. The van der Waals surface area contributed by atoms with Crippen molar-refractivity contribution in [1.82, 2.24) is 15.0 Å². The number of aryl methyl sites for hydroxylation is 1. The molecule has 1 heterocycles. The Hall–Kier alpha value is -3.47. The minimum atomic E-state index is -0.114. The fourth-order valence-corrected chi connectivity index (χ4v) is 2.88. The van der Waals surface area contributed by atoms with Gasteiger partial charge in [-0.15, -0.1) is 5.10 Å². The molecule has 3 aromatic carbocycles. The Bertz CT molecular complexity index is 1070. The summed E-state index contributed by atoms with van der Waals surface area (Å²) >= 11 is 0. The van der Waals surface area contributed by atoms with Gasteiger partial charge in [-0.3, -0.25) is 4.79 Å². The summed E-state index contributed by atoms with van der Waals surface area (Å²) < 4.78 is 1.86. The number of rotatable bonds is 4. The number of nitrogens with one attached hydrogen (secondary N) is 1. The number of hydrogen-bond acceptors (Lipinski definition) is 3. The minimum Gasteiger partial charge on any atom is -0.322 e. The first kappa shape index (κ1) is 16.0. The van der Waals surface area contributed by atoms with E-state index in [9.17, 15) is 4.79 Å². The average molecular weight is 342 g/mol. The van der Waals surface area contributed by atoms with Gasteiger partial charge in [-0.25, -0.2) is 4.68 Å². The smallest absolute Gasteiger partial charge is 0.255 e. The third kappa shape index (κ3) is 3.19. The van der Waals surface area contributed by atoms with Gasteiger partial charge in [-0.05, 0) is 48.4 Å². The van der Waals surface area contributed by atoms with Gasteiger partial charge >= 0.3 is 0 Å². The highest BCUT2D eigenvalue weighted by Gasteiger charge is 2.08. The molecular weight excluding hydrogens is 324 g/mol. The molecule has 4 aromatic rings. The third-order valence-corrected chi connectivity index (χ3v) is 4.36. The van der Waals surface area contributed by atoms with E-state index in [0.717, 1.165) is 27.8 Å². The van der Waals surface area contributed by atoms with Crippen LogP contribution in [0.25, 0.3) is 11.0 Å². The number of para-hydroxylation sites is 2. The first-order valence-corrected chi connectivity index (χ1v) is 8.45. The van der Waals surface area contributed by atoms with Crippen molar-refractivity contribution in [2.45, 2.75) is 13.5 Å². The van der Waals surface area contributed by atoms with Crippen molar-refractivity contribution in [2.24, 2.45) is 0 Å². The first-order chi connectivity index (χ1) is 12.7. The van der Waals surface area contributed by atoms with Crippen molar-refractivity contribution >= 4 is 22.6 Å². The number of hydrogen-bond donors (Lipinski definition) is 1. The van der Waals surface area contributed by atoms with Crippen LogP contribution in [0, 0.1) is 6.92 Å². The van der Waals surface area contributed by atoms with Crippen LogP contribution >= 0.6 is 0 Å². The molecule has 0 aliphatic carbocycles. The molecule has 4 rings (SSSR count). The number of carbonyl (C=O) groups is 1. The Balaban J connectivity index is 1.50. The second kappa shape index (κ2) is 6.80. The van der Waals surface area contributed by atoms with Crippen LogP contribution in [0.1, 0.15) is 21.5 Å². The third-order valence-electron chi connectivity index (χ3n) is 4.36. The lowest BCUT2D eigenvalue weighted by Gasteiger charge is -2.09. The maximum absolute atomic E-state index is 12.4. The van der Waals surface area contributed by atoms with Crippen LogP contribution in [0.3, 0.4) is 0 Å². The summed E-state index contributed by atoms with van der Waals surface area (Å²) in [6, 6.07) is 23.2. The van der Waals surface area contributed by atoms with Crippen LogP contribution in [0.15, 0.2) is 72.8 Å². The highest BCUT2D eigenvalue weighted by molar-refractivity contribution is 6.04. The number of fused-ring (bicyclic) bond motifs is 1. The number of benzene rings is 3. The fourth-order valence-electron chi connectivity index (χ4n) is 2.88. The summed E-state index contributed by atoms with van der Waals surface area (Å²) in [5.41, 5.74) is 5.43. The zero-order valence-electron chi connectivity index (χ0n) is 14.4. The van der Waals surface area contributed by atoms with Gasteiger partial charge in [-0.1, -0.05) is 47.7 Å². The van der Waals surface area contributed by atoms with Gasteiger partial charge in [0.2, 0.25) is 0 Å². The molecule has 0 atom stereocenters. The van der Waals surface area contributed by atoms with Gasteiger partial charge in [0.05, 0.1) is 12.1 Å². The molecule has 26 heavy (non-hydrogen) atoms. The second-order valence-electron chi connectivity index (χ2n) is 6.20. The molecule has 0 spiro atoms. The van der Waals surface area contributed by atoms with Crippen LogP contribution in [-0.4, -0.2) is 20.9 Å². The molecule has 0 saturated heterocycles. The zero-order chi connectivity index (χ0) is 17.9. The topological polar surface area (TPSA) is 59.8 Å². The van der Waals surface area contributed by atoms with Crippen molar-refractivity contribution < 1.29 is 4.79 Å². The van der Waals surface area contributed by atoms with E-state index in [-0.39, 0.29) is 5.91 Å². The lowest BCUT2D eigenvalue weighted by Crippen LogP contribution is -2.12. The molecule has 0 saturated carbocycles. The van der Waals surface area contributed by atoms with E-state index < -0.39 is 0 Å². The van der Waals surface area contributed by atoms with Crippen molar-refractivity contribution in [2.75, 3.05) is 5.32 Å². The van der Waals surface area contributed by atoms with E-state index in [1.54, 1.807) is 0 Å². The van der Waals surface area contributed by atoms with E-state index in [1.807, 2.05) is 84.4 Å². The molecule has 0 radical (unpaired) electrons. The quantitative estimate of drug-likeness (QED) is 0.609. The zero-order valence-corrected chi connectivity index (χ0v) is 14.4. The summed E-state index contributed by atoms with van der Waals surface area (Å²) in [4.78, 5) is 12.4. The molecule has 128 valence electrons. The predicted molar refractivity (Wildman–Crippen MR) is 102 cm³/mol. The first-order valence-electron chi connectivity index (χ1n) is 8.45. The number of amides is 1. The van der Waals surface area contributed by atoms with Gasteiger partial charge in [0, 0.05) is 11.3 Å². The molecule has 0 fully saturated rings. The summed E-state index contributed by atoms with van der Waals surface area (Å²) in [6.45, 7) is 2.58. The van der Waals surface area contributed by atoms with Crippen molar-refractivity contribution in [3.8, 4) is 0 Å². The van der Waals surface area contributed by atoms with Gasteiger partial charge in [0.15, 0.2) is 0 Å². The van der Waals surface area contributed by atoms with Crippen LogP contribution in [0.2, 0.25) is 0 Å². The highest BCUT2D eigenvalue weighted by Crippen LogP contribution is 2.16. The standard InChI is InChI=1S/C21H18N4O/c1-15-6-2-3-7-18(15)22-21(26)17-12-10-16(11-13-17)14-25-20-9-5-4-8-19(20)23-24-25/h2-13H,14H2,1H3,(H,22,26). The maximum Gasteiger partial charge on any atom is 0.255 e. The Kier molecular flexibility index (Phi) is 4.19. The molecular formula is C21H18N4O. The molecule has 1 N–H and O–H groups in total. The summed E-state index contributed by atoms with van der Waals surface area (Å²) in [5, 5.41) is 11.3. The Morgan fingerprint density at radius 1 is 0.962 bits per heavy atom. The van der Waals surface area contributed by atoms with Crippen LogP contribution in [0.4, 0.5) is 5.69 Å². The Morgan fingerprint density at radius 2 is 1.69 bits per heavy atom. The van der Waals surface area contributed by atoms with E-state index in [4.69, 9.17) is 0 Å². The lowest BCUT2D eigenvalue weighted by atomic mass is 10.1. The predicted octanol–water partition coefficient (Wildman–Crippen LogP) is 4.04. The van der Waals surface area contributed by atoms with E-state index in [1.165, 1.54) is 0 Å². The van der Waals surface area contributed by atoms with Gasteiger partial charge in [-0.2, -0.15) is 0 Å². The largest absolute Gasteiger partial charge is 0.322 e. The van der Waals surface area contributed by atoms with Crippen molar-refractivity contribution in [3.63, 3.8) is 0 Å². The Labute approximate surface area is 151 Å². The molecule has 0 bridgehead atoms. The van der Waals surface area contributed by atoms with Crippen LogP contribution in [-0.2, 0) is 6.54 Å². The SMILES string of the molecule is Cc1ccccc1NC(=O)c1ccc(Cn2nnc3ccccc32)cc1. The van der Waals surface area contributed by atoms with Crippen molar-refractivity contribution in [1.29, 1.82) is 0 Å². The minimum absolute atomic E-state index is 0.114. The summed E-state index contributed by atoms with van der Waals surface area (Å²) in [5.74, 6) is -0.114. The summed E-state index contributed by atoms with van der Waals surface area (Å²) in [6.07, 6.45) is 0. The summed E-state index contributed by atoms with van der Waals surface area (Å²) in [7, 11) is 0. The monoisotopic (exact) mass is 342 g/mol. The number of aromatic nitrogens is 3. The normalized spacial score (nSPS) is 10.8. The van der Waals surface area contributed by atoms with E-state index in [0.29, 0.717) is 12.1 Å². The molecule has 1 amide bonds. The Morgan fingerprint density at radius 3 is 2.50 bits per heavy atom. The van der Waals surface area contributed by atoms with Crippen LogP contribution in [0.5, 0.6) is 0 Å². The lowest BCUT2D eigenvalue weighted by molar-refractivity contribution is 0.102. The molecule has 5 nitrogen and oxygen atoms in total. The van der Waals surface area contributed by atoms with Crippen LogP contribution < -0.4 is 5.32 Å². The van der Waals surface area contributed by atoms with E-state index >= 15 is 0 Å². The molecule has 0 aliphatic rings. The van der Waals surface area contributed by atoms with Gasteiger partial charge < -0.3 is 5.32 Å². The number of carbonyl (C=O) groups excluding carboxylic acids is 1. The molecule has 1 aromatic heterocycles. The van der Waals surface area contributed by atoms with Crippen molar-refractivity contribution in [3.05, 3.63) is 89.5 Å². The highest BCUT2D eigenvalue weighted by atomic mass is 16.1. The molecule has 5 heteroatoms. The average Bonchev–Trinajstić information content (AvgIpc) is 3.07. The van der Waals surface area contributed by atoms with Gasteiger partial charge in [0.1, 0.15) is 5.52 Å². The fraction of sp³-hybridized carbons (Fsp3) is 0.0952.